The minimum Gasteiger partial charge on any atom is -0.462 e. The molecule has 8 heteroatoms. The van der Waals surface area contributed by atoms with E-state index in [0.717, 1.165) is 49.9 Å². The Balaban J connectivity index is 1.21. The standard InChI is InChI=1S/C36H38N4O4/c1-3-5-7-35(41)44-34-24-22-33(23-25-34)40-38-31-18-12-28(13-19-31)9-8-27-10-16-30(17-11-27)37-39-32-20-14-29(15-21-32)36(42)43-26-6-4-2/h10-25H,3-9,26H2,1-2H3. The van der Waals surface area contributed by atoms with Crippen molar-refractivity contribution in [2.24, 2.45) is 20.5 Å². The molecule has 8 nitrogen and oxygen atoms in total. The molecule has 0 aliphatic rings. The van der Waals surface area contributed by atoms with Crippen molar-refractivity contribution in [3.8, 4) is 5.75 Å². The maximum atomic E-state index is 12.0. The lowest BCUT2D eigenvalue weighted by Crippen LogP contribution is -2.06. The predicted octanol–water partition coefficient (Wildman–Crippen LogP) is 10.4. The summed E-state index contributed by atoms with van der Waals surface area (Å²) in [6.45, 7) is 4.53. The second-order valence-electron chi connectivity index (χ2n) is 10.3. The average Bonchev–Trinajstić information content (AvgIpc) is 3.06. The molecule has 4 aromatic rings. The zero-order valence-corrected chi connectivity index (χ0v) is 25.3. The second kappa shape index (κ2) is 17.2. The van der Waals surface area contributed by atoms with Gasteiger partial charge in [0.2, 0.25) is 0 Å². The first-order valence-corrected chi connectivity index (χ1v) is 15.1. The molecule has 0 aliphatic carbocycles. The molecule has 0 unspecified atom stereocenters. The van der Waals surface area contributed by atoms with Crippen LogP contribution >= 0.6 is 0 Å². The number of azo groups is 2. The van der Waals surface area contributed by atoms with E-state index in [2.05, 4.69) is 51.6 Å². The molecule has 0 saturated carbocycles. The van der Waals surface area contributed by atoms with Gasteiger partial charge in [0.25, 0.3) is 0 Å². The highest BCUT2D eigenvalue weighted by molar-refractivity contribution is 5.89. The number of esters is 2. The third-order valence-electron chi connectivity index (χ3n) is 6.77. The van der Waals surface area contributed by atoms with E-state index in [1.807, 2.05) is 31.2 Å². The molecule has 0 amide bonds. The summed E-state index contributed by atoms with van der Waals surface area (Å²) in [6.07, 6.45) is 5.83. The van der Waals surface area contributed by atoms with Gasteiger partial charge in [0.15, 0.2) is 0 Å². The summed E-state index contributed by atoms with van der Waals surface area (Å²) in [7, 11) is 0. The third-order valence-corrected chi connectivity index (χ3v) is 6.77. The molecule has 0 spiro atoms. The van der Waals surface area contributed by atoms with Crippen molar-refractivity contribution in [2.75, 3.05) is 6.61 Å². The number of nitrogens with zero attached hydrogens (tertiary/aromatic N) is 4. The van der Waals surface area contributed by atoms with Crippen molar-refractivity contribution in [1.29, 1.82) is 0 Å². The van der Waals surface area contributed by atoms with Gasteiger partial charge in [-0.15, -0.1) is 0 Å². The van der Waals surface area contributed by atoms with Gasteiger partial charge in [0, 0.05) is 6.42 Å². The summed E-state index contributed by atoms with van der Waals surface area (Å²) in [6, 6.07) is 30.0. The fourth-order valence-electron chi connectivity index (χ4n) is 4.12. The van der Waals surface area contributed by atoms with Crippen molar-refractivity contribution >= 4 is 34.7 Å². The van der Waals surface area contributed by atoms with E-state index in [1.165, 1.54) is 11.1 Å². The van der Waals surface area contributed by atoms with E-state index < -0.39 is 0 Å². The number of hydrogen-bond acceptors (Lipinski definition) is 8. The Morgan fingerprint density at radius 2 is 1.00 bits per heavy atom. The SMILES string of the molecule is CCCCOC(=O)c1ccc(N=Nc2ccc(CCc3ccc(N=Nc4ccc(OC(=O)CCCC)cc4)cc3)cc2)cc1. The lowest BCUT2D eigenvalue weighted by molar-refractivity contribution is -0.134. The normalized spacial score (nSPS) is 11.2. The molecule has 0 aliphatic heterocycles. The number of benzene rings is 4. The van der Waals surface area contributed by atoms with E-state index in [0.29, 0.717) is 35.7 Å². The lowest BCUT2D eigenvalue weighted by Gasteiger charge is -2.04. The van der Waals surface area contributed by atoms with Crippen molar-refractivity contribution in [3.05, 3.63) is 114 Å². The molecule has 44 heavy (non-hydrogen) atoms. The topological polar surface area (TPSA) is 102 Å². The maximum Gasteiger partial charge on any atom is 0.338 e. The number of ether oxygens (including phenoxy) is 2. The molecule has 0 heterocycles. The van der Waals surface area contributed by atoms with Crippen LogP contribution in [0.3, 0.4) is 0 Å². The number of hydrogen-bond donors (Lipinski definition) is 0. The van der Waals surface area contributed by atoms with E-state index in [4.69, 9.17) is 9.47 Å². The van der Waals surface area contributed by atoms with Crippen LogP contribution in [-0.4, -0.2) is 18.5 Å². The van der Waals surface area contributed by atoms with Crippen LogP contribution in [0, 0.1) is 0 Å². The molecule has 4 aromatic carbocycles. The van der Waals surface area contributed by atoms with Crippen LogP contribution in [0.4, 0.5) is 22.7 Å². The third kappa shape index (κ3) is 10.7. The van der Waals surface area contributed by atoms with E-state index >= 15 is 0 Å². The van der Waals surface area contributed by atoms with Crippen molar-refractivity contribution < 1.29 is 19.1 Å². The molecular formula is C36H38N4O4. The summed E-state index contributed by atoms with van der Waals surface area (Å²) < 4.78 is 10.6. The number of carbonyl (C=O) groups is 2. The van der Waals surface area contributed by atoms with Gasteiger partial charge in [-0.1, -0.05) is 51.0 Å². The van der Waals surface area contributed by atoms with E-state index in [9.17, 15) is 9.59 Å². The van der Waals surface area contributed by atoms with Gasteiger partial charge in [0.05, 0.1) is 34.9 Å². The minimum absolute atomic E-state index is 0.219. The number of carbonyl (C=O) groups excluding carboxylic acids is 2. The van der Waals surface area contributed by atoms with Crippen molar-refractivity contribution in [2.45, 2.75) is 58.8 Å². The fraction of sp³-hybridized carbons (Fsp3) is 0.278. The first kappa shape index (κ1) is 31.9. The Kier molecular flexibility index (Phi) is 12.5. The van der Waals surface area contributed by atoms with Gasteiger partial charge in [-0.2, -0.15) is 20.5 Å². The number of unbranched alkanes of at least 4 members (excludes halogenated alkanes) is 2. The number of rotatable bonds is 15. The Hall–Kier alpha value is -4.98. The van der Waals surface area contributed by atoms with E-state index in [1.54, 1.807) is 48.5 Å². The molecular weight excluding hydrogens is 552 g/mol. The van der Waals surface area contributed by atoms with Gasteiger partial charge in [-0.25, -0.2) is 4.79 Å². The Morgan fingerprint density at radius 3 is 1.45 bits per heavy atom. The molecule has 4 rings (SSSR count). The van der Waals surface area contributed by atoms with E-state index in [-0.39, 0.29) is 11.9 Å². The Morgan fingerprint density at radius 1 is 0.568 bits per heavy atom. The molecule has 0 atom stereocenters. The smallest absolute Gasteiger partial charge is 0.338 e. The van der Waals surface area contributed by atoms with Crippen LogP contribution in [0.5, 0.6) is 5.75 Å². The van der Waals surface area contributed by atoms with Crippen LogP contribution in [-0.2, 0) is 22.4 Å². The summed E-state index contributed by atoms with van der Waals surface area (Å²) >= 11 is 0. The molecule has 0 bridgehead atoms. The first-order chi connectivity index (χ1) is 21.5. The first-order valence-electron chi connectivity index (χ1n) is 15.1. The molecule has 0 fully saturated rings. The highest BCUT2D eigenvalue weighted by Gasteiger charge is 2.07. The van der Waals surface area contributed by atoms with Crippen LogP contribution in [0.2, 0.25) is 0 Å². The largest absolute Gasteiger partial charge is 0.462 e. The van der Waals surface area contributed by atoms with Crippen molar-refractivity contribution in [3.63, 3.8) is 0 Å². The van der Waals surface area contributed by atoms with Gasteiger partial charge in [0.1, 0.15) is 5.75 Å². The van der Waals surface area contributed by atoms with Crippen molar-refractivity contribution in [1.82, 2.24) is 0 Å². The monoisotopic (exact) mass is 590 g/mol. The van der Waals surface area contributed by atoms with Gasteiger partial charge in [-0.05, 0) is 110 Å². The summed E-state index contributed by atoms with van der Waals surface area (Å²) in [5, 5.41) is 17.2. The number of aryl methyl sites for hydroxylation is 2. The second-order valence-corrected chi connectivity index (χ2v) is 10.3. The van der Waals surface area contributed by atoms with Gasteiger partial charge < -0.3 is 9.47 Å². The minimum atomic E-state index is -0.318. The zero-order chi connectivity index (χ0) is 31.0. The van der Waals surface area contributed by atoms with Crippen LogP contribution < -0.4 is 4.74 Å². The average molecular weight is 591 g/mol. The molecule has 0 N–H and O–H groups in total. The summed E-state index contributed by atoms with van der Waals surface area (Å²) in [5.41, 5.74) is 5.80. The molecule has 0 saturated heterocycles. The summed E-state index contributed by atoms with van der Waals surface area (Å²) in [4.78, 5) is 23.8. The molecule has 0 aromatic heterocycles. The highest BCUT2D eigenvalue weighted by atomic mass is 16.5. The zero-order valence-electron chi connectivity index (χ0n) is 25.3. The molecule has 0 radical (unpaired) electrons. The lowest BCUT2D eigenvalue weighted by atomic mass is 10.0. The summed E-state index contributed by atoms with van der Waals surface area (Å²) in [5.74, 6) is -0.0255. The van der Waals surface area contributed by atoms with Crippen LogP contribution in [0.15, 0.2) is 118 Å². The Bertz CT molecular complexity index is 1530. The highest BCUT2D eigenvalue weighted by Crippen LogP contribution is 2.23. The van der Waals surface area contributed by atoms with Crippen LogP contribution in [0.1, 0.15) is 67.4 Å². The molecule has 226 valence electrons. The predicted molar refractivity (Wildman–Crippen MR) is 172 cm³/mol. The Labute approximate surface area is 258 Å². The maximum absolute atomic E-state index is 12.0. The van der Waals surface area contributed by atoms with Crippen LogP contribution in [0.25, 0.3) is 0 Å². The quantitative estimate of drug-likeness (QED) is 0.0594. The fourth-order valence-corrected chi connectivity index (χ4v) is 4.12. The van der Waals surface area contributed by atoms with Gasteiger partial charge in [-0.3, -0.25) is 4.79 Å². The van der Waals surface area contributed by atoms with Gasteiger partial charge >= 0.3 is 11.9 Å².